The fourth-order valence-corrected chi connectivity index (χ4v) is 34.5. The zero-order valence-electron chi connectivity index (χ0n) is 70.1. The van der Waals surface area contributed by atoms with Crippen LogP contribution in [0.1, 0.15) is 110 Å². The summed E-state index contributed by atoms with van der Waals surface area (Å²) >= 11 is 0. The highest BCUT2D eigenvalue weighted by molar-refractivity contribution is 6.63. The number of benzene rings is 3. The first-order valence-electron chi connectivity index (χ1n) is 44.7. The van der Waals surface area contributed by atoms with Gasteiger partial charge < -0.3 is 63.5 Å². The van der Waals surface area contributed by atoms with Crippen LogP contribution in [0.5, 0.6) is 0 Å². The summed E-state index contributed by atoms with van der Waals surface area (Å²) in [6, 6.07) is 18.2. The minimum atomic E-state index is -4.62. The van der Waals surface area contributed by atoms with Gasteiger partial charge in [-0.25, -0.2) is 29.4 Å². The molecular formula is C91H98N6O26Si3. The van der Waals surface area contributed by atoms with E-state index in [1.807, 2.05) is 32.1 Å². The molecule has 35 heteroatoms. The molecule has 3 aromatic carbocycles. The highest BCUT2D eigenvalue weighted by atomic mass is 28.4. The Hall–Kier alpha value is -8.97. The van der Waals surface area contributed by atoms with Crippen molar-refractivity contribution in [3.8, 4) is 0 Å². The zero-order chi connectivity index (χ0) is 86.7. The number of ether oxygens (including phenoxy) is 5. The first-order chi connectivity index (χ1) is 61.0. The van der Waals surface area contributed by atoms with Gasteiger partial charge in [0.1, 0.15) is 28.0 Å². The maximum absolute atomic E-state index is 15.6. The second-order valence-electron chi connectivity index (χ2n) is 37.0. The summed E-state index contributed by atoms with van der Waals surface area (Å²) in [5.74, 6) is -16.7. The molecule has 0 spiro atoms. The first kappa shape index (κ1) is 82.7. The lowest BCUT2D eigenvalue weighted by Crippen LogP contribution is -2.59. The van der Waals surface area contributed by atoms with Crippen LogP contribution >= 0.6 is 0 Å². The molecule has 21 atom stereocenters. The third-order valence-corrected chi connectivity index (χ3v) is 40.7. The van der Waals surface area contributed by atoms with Crippen molar-refractivity contribution in [2.24, 2.45) is 59.2 Å². The summed E-state index contributed by atoms with van der Waals surface area (Å²) in [6.07, 6.45) is 28.8. The molecule has 22 rings (SSSR count). The van der Waals surface area contributed by atoms with E-state index in [9.17, 15) is 33.6 Å². The lowest BCUT2D eigenvalue weighted by atomic mass is 9.77. The molecule has 19 aliphatic rings. The Morgan fingerprint density at radius 2 is 0.492 bits per heavy atom. The molecule has 21 unspecified atom stereocenters. The van der Waals surface area contributed by atoms with Crippen LogP contribution in [0.25, 0.3) is 0 Å². The van der Waals surface area contributed by atoms with Crippen LogP contribution in [0.15, 0.2) is 146 Å². The van der Waals surface area contributed by atoms with Gasteiger partial charge in [0, 0.05) is 56.2 Å². The van der Waals surface area contributed by atoms with Crippen LogP contribution in [0.2, 0.25) is 16.6 Å². The van der Waals surface area contributed by atoms with Crippen molar-refractivity contribution in [1.29, 1.82) is 0 Å². The summed E-state index contributed by atoms with van der Waals surface area (Å²) in [4.78, 5) is 183. The second-order valence-corrected chi connectivity index (χ2v) is 45.9. The van der Waals surface area contributed by atoms with Crippen LogP contribution in [-0.2, 0) is 121 Å². The Balaban J connectivity index is 0.539. The standard InChI is InChI=1S/C91H98N6O26Si3/c1-5-112-125(113-6-2,58-18-12-8-13-19-58)115-47-88-42-37-61(120-88)68-73(88)83(106)95(79(68)102)54-30-32-56(33-31-54)97-81(104)71-64-40-45-91(123-64,76(71)86(97)109)50-118-126(59-20-14-9-15-21-59,116-48-89-43-38-62(121-89)69-74(89)84(107)93(78(69)101)52-24-22-51(23-25-52)92-65(98)34-35-66(92)99)117-49-90-44-39-63(122-90)70-75(90)85(108)96(80(70)103)55-28-26-53(27-29-55)94-77(100)67-60-36-41-87(119-60,72(67)82(94)105)46-114-124(110-3,111-4)57-16-10-7-11-17-57/h22-45,57-64,67-76H,5-21,46-50H2,1-4H3. The van der Waals surface area contributed by atoms with E-state index in [1.165, 1.54) is 60.7 Å². The normalized spacial score (nSPS) is 37.2. The largest absolute Gasteiger partial charge is 0.504 e. The Morgan fingerprint density at radius 1 is 0.286 bits per heavy atom. The average molecular weight is 1780 g/mol. The molecule has 660 valence electrons. The molecule has 3 saturated carbocycles. The SMILES string of the molecule is CCO[Si](OCC)(OCC12C=CC(O1)C1C(=O)N(c3ccc(N4C(=O)C5C6C=CC(CO[Si](OCC78C=CC(O7)C7C(=O)N(c9ccc(N%10C(=O)C=CC%10=O)cc9)C(=O)C78)(OCC78C=CC(O7)C7C(=O)N(c9ccc(N%10C(=O)C%11C%12C=CC(CO[Si](OC)(OC)C%13CCCCC%13)(O%12)C%11C%10=O)cc9)C(=O)C78)C7CCCCC7)(O6)C5C4=O)cc3)C(=O)C12)C1CCCCC1. The Labute approximate surface area is 728 Å². The van der Waals surface area contributed by atoms with Gasteiger partial charge >= 0.3 is 26.4 Å². The predicted molar refractivity (Wildman–Crippen MR) is 447 cm³/mol. The van der Waals surface area contributed by atoms with Crippen molar-refractivity contribution in [1.82, 2.24) is 0 Å². The van der Waals surface area contributed by atoms with Gasteiger partial charge in [0.15, 0.2) is 0 Å². The minimum absolute atomic E-state index is 0.0543. The predicted octanol–water partition coefficient (Wildman–Crippen LogP) is 7.85. The smallest absolute Gasteiger partial charge is 0.377 e. The van der Waals surface area contributed by atoms with Crippen LogP contribution < -0.4 is 29.4 Å². The Kier molecular flexibility index (Phi) is 19.9. The molecule has 126 heavy (non-hydrogen) atoms. The fourth-order valence-electron chi connectivity index (χ4n) is 25.0. The molecule has 10 bridgehead atoms. The number of rotatable bonds is 30. The van der Waals surface area contributed by atoms with Gasteiger partial charge in [-0.2, -0.15) is 0 Å². The fraction of sp³-hybridized carbons (Fsp3) is 0.538. The van der Waals surface area contributed by atoms with Crippen molar-refractivity contribution in [2.75, 3.05) is 89.9 Å². The molecule has 12 amide bonds. The minimum Gasteiger partial charge on any atom is -0.377 e. The van der Waals surface area contributed by atoms with Gasteiger partial charge in [-0.05, 0) is 125 Å². The molecule has 0 radical (unpaired) electrons. The second kappa shape index (κ2) is 30.3. The molecule has 16 aliphatic heterocycles. The molecule has 13 fully saturated rings. The number of carbonyl (C=O) groups excluding carboxylic acids is 12. The molecule has 16 heterocycles. The van der Waals surface area contributed by atoms with E-state index in [0.717, 1.165) is 112 Å². The summed E-state index contributed by atoms with van der Waals surface area (Å²) in [6.45, 7) is 3.15. The quantitative estimate of drug-likeness (QED) is 0.0348. The van der Waals surface area contributed by atoms with Crippen LogP contribution in [0, 0.1) is 59.2 Å². The van der Waals surface area contributed by atoms with Crippen LogP contribution in [0.3, 0.4) is 0 Å². The van der Waals surface area contributed by atoms with Crippen molar-refractivity contribution < 1.29 is 121 Å². The molecular weight excluding hydrogens is 1680 g/mol. The van der Waals surface area contributed by atoms with E-state index in [-0.39, 0.29) is 58.4 Å². The zero-order valence-corrected chi connectivity index (χ0v) is 73.1. The number of fused-ring (bicyclic) bond motifs is 25. The molecule has 10 saturated heterocycles. The van der Waals surface area contributed by atoms with Crippen molar-refractivity contribution in [2.45, 2.75) is 185 Å². The highest BCUT2D eigenvalue weighted by Crippen LogP contribution is 2.61. The van der Waals surface area contributed by atoms with E-state index < -0.39 is 240 Å². The molecule has 3 aromatic rings. The van der Waals surface area contributed by atoms with E-state index in [1.54, 1.807) is 68.9 Å². The Morgan fingerprint density at radius 3 is 0.714 bits per heavy atom. The summed E-state index contributed by atoms with van der Waals surface area (Å²) < 4.78 is 94.7. The highest BCUT2D eigenvalue weighted by Gasteiger charge is 2.76. The summed E-state index contributed by atoms with van der Waals surface area (Å²) in [7, 11) is -8.02. The lowest BCUT2D eigenvalue weighted by molar-refractivity contribution is -0.132. The van der Waals surface area contributed by atoms with Gasteiger partial charge in [0.25, 0.3) is 11.8 Å². The van der Waals surface area contributed by atoms with E-state index >= 15 is 24.0 Å². The molecule has 3 aliphatic carbocycles. The number of hydrogen-bond acceptors (Lipinski definition) is 26. The average Bonchev–Trinajstić information content (AvgIpc) is 1.51. The van der Waals surface area contributed by atoms with E-state index in [4.69, 9.17) is 63.5 Å². The molecule has 0 N–H and O–H groups in total. The summed E-state index contributed by atoms with van der Waals surface area (Å²) in [5.41, 5.74) is -6.64. The van der Waals surface area contributed by atoms with Crippen molar-refractivity contribution in [3.63, 3.8) is 0 Å². The molecule has 32 nitrogen and oxygen atoms in total. The third-order valence-electron chi connectivity index (χ3n) is 30.8. The first-order valence-corrected chi connectivity index (χ1v) is 50.1. The van der Waals surface area contributed by atoms with Crippen molar-refractivity contribution in [3.05, 3.63) is 146 Å². The van der Waals surface area contributed by atoms with E-state index in [0.29, 0.717) is 38.9 Å². The van der Waals surface area contributed by atoms with Gasteiger partial charge in [-0.1, -0.05) is 119 Å². The topological polar surface area (TPSA) is 354 Å². The number of amides is 12. The Bertz CT molecular complexity index is 5290. The lowest BCUT2D eigenvalue weighted by Gasteiger charge is -2.43. The van der Waals surface area contributed by atoms with Crippen LogP contribution in [0.4, 0.5) is 34.1 Å². The van der Waals surface area contributed by atoms with E-state index in [2.05, 4.69) is 0 Å². The van der Waals surface area contributed by atoms with Gasteiger partial charge in [0.05, 0.1) is 157 Å². The molecule has 0 aromatic heterocycles. The third kappa shape index (κ3) is 11.9. The maximum atomic E-state index is 15.6. The summed E-state index contributed by atoms with van der Waals surface area (Å²) in [5, 5.41) is 0. The van der Waals surface area contributed by atoms with Crippen molar-refractivity contribution >= 4 is 131 Å². The monoisotopic (exact) mass is 1770 g/mol. The number of anilines is 6. The van der Waals surface area contributed by atoms with Gasteiger partial charge in [0.2, 0.25) is 59.1 Å². The number of carbonyl (C=O) groups is 12. The van der Waals surface area contributed by atoms with Gasteiger partial charge in [-0.15, -0.1) is 0 Å². The van der Waals surface area contributed by atoms with Crippen LogP contribution in [-0.4, -0.2) is 216 Å². The maximum Gasteiger partial charge on any atom is 0.504 e. The number of hydrogen-bond donors (Lipinski definition) is 0. The van der Waals surface area contributed by atoms with Gasteiger partial charge in [-0.3, -0.25) is 57.5 Å². The number of imide groups is 6. The number of nitrogens with zero attached hydrogens (tertiary/aromatic N) is 6.